The topological polar surface area (TPSA) is 69.7 Å². The fourth-order valence-corrected chi connectivity index (χ4v) is 2.96. The molecule has 126 valence electrons. The molecule has 2 aromatic carbocycles. The van der Waals surface area contributed by atoms with Crippen LogP contribution >= 0.6 is 0 Å². The molecule has 6 heteroatoms. The van der Waals surface area contributed by atoms with Crippen LogP contribution in [0.2, 0.25) is 0 Å². The first-order valence-corrected chi connectivity index (χ1v) is 8.85. The maximum atomic E-state index is 12.3. The normalized spacial score (nSPS) is 11.6. The van der Waals surface area contributed by atoms with E-state index in [9.17, 15) is 13.8 Å². The van der Waals surface area contributed by atoms with Gasteiger partial charge in [0.05, 0.1) is 33.4 Å². The van der Waals surface area contributed by atoms with E-state index in [4.69, 9.17) is 9.47 Å². The van der Waals surface area contributed by atoms with Gasteiger partial charge in [-0.15, -0.1) is 0 Å². The van der Waals surface area contributed by atoms with E-state index in [0.29, 0.717) is 28.6 Å². The second kappa shape index (κ2) is 8.40. The van der Waals surface area contributed by atoms with Gasteiger partial charge in [0, 0.05) is 5.75 Å². The van der Waals surface area contributed by atoms with E-state index in [1.807, 2.05) is 0 Å². The lowest BCUT2D eigenvalue weighted by molar-refractivity contribution is 0.0526. The van der Waals surface area contributed by atoms with E-state index < -0.39 is 22.7 Å². The Morgan fingerprint density at radius 3 is 2.25 bits per heavy atom. The third-order valence-corrected chi connectivity index (χ3v) is 4.56. The molecule has 0 bridgehead atoms. The first kappa shape index (κ1) is 17.9. The Kier molecular flexibility index (Phi) is 6.26. The van der Waals surface area contributed by atoms with Crippen molar-refractivity contribution in [3.8, 4) is 5.75 Å². The van der Waals surface area contributed by atoms with Crippen molar-refractivity contribution in [2.45, 2.75) is 18.7 Å². The van der Waals surface area contributed by atoms with E-state index in [1.54, 1.807) is 38.1 Å². The van der Waals surface area contributed by atoms with Gasteiger partial charge in [-0.2, -0.15) is 0 Å². The Balaban J connectivity index is 2.16. The molecule has 0 fully saturated rings. The molecular formula is C18H18O5S. The van der Waals surface area contributed by atoms with Crippen LogP contribution in [0.5, 0.6) is 5.75 Å². The zero-order valence-electron chi connectivity index (χ0n) is 13.5. The van der Waals surface area contributed by atoms with Crippen molar-refractivity contribution >= 4 is 22.7 Å². The molecule has 0 aliphatic carbocycles. The zero-order valence-corrected chi connectivity index (χ0v) is 14.3. The molecule has 2 aromatic rings. The van der Waals surface area contributed by atoms with Gasteiger partial charge < -0.3 is 9.47 Å². The molecule has 2 rings (SSSR count). The Morgan fingerprint density at radius 1 is 0.958 bits per heavy atom. The molecule has 0 saturated heterocycles. The molecule has 1 atom stereocenters. The Labute approximate surface area is 143 Å². The highest BCUT2D eigenvalue weighted by Crippen LogP contribution is 2.19. The summed E-state index contributed by atoms with van der Waals surface area (Å²) in [5, 5.41) is 0. The fraction of sp³-hybridized carbons (Fsp3) is 0.222. The van der Waals surface area contributed by atoms with Crippen molar-refractivity contribution in [2.75, 3.05) is 12.4 Å². The van der Waals surface area contributed by atoms with Crippen molar-refractivity contribution in [2.24, 2.45) is 0 Å². The number of ether oxygens (including phenoxy) is 2. The lowest BCUT2D eigenvalue weighted by Crippen LogP contribution is -2.13. The average molecular weight is 346 g/mol. The number of hydrogen-bond donors (Lipinski definition) is 0. The molecular weight excluding hydrogens is 328 g/mol. The van der Waals surface area contributed by atoms with Crippen LogP contribution in [0.4, 0.5) is 0 Å². The molecule has 0 amide bonds. The molecule has 0 aromatic heterocycles. The molecule has 0 radical (unpaired) electrons. The van der Waals surface area contributed by atoms with Crippen molar-refractivity contribution in [3.05, 3.63) is 59.7 Å². The Morgan fingerprint density at radius 2 is 1.62 bits per heavy atom. The van der Waals surface area contributed by atoms with Crippen LogP contribution in [0.1, 0.15) is 34.6 Å². The van der Waals surface area contributed by atoms with E-state index >= 15 is 0 Å². The third kappa shape index (κ3) is 4.29. The highest BCUT2D eigenvalue weighted by atomic mass is 32.2. The van der Waals surface area contributed by atoms with Gasteiger partial charge in [0.25, 0.3) is 0 Å². The van der Waals surface area contributed by atoms with Gasteiger partial charge >= 0.3 is 11.9 Å². The van der Waals surface area contributed by atoms with Crippen LogP contribution in [0.15, 0.2) is 53.4 Å². The highest BCUT2D eigenvalue weighted by Gasteiger charge is 2.17. The van der Waals surface area contributed by atoms with Crippen molar-refractivity contribution < 1.29 is 23.3 Å². The number of benzene rings is 2. The van der Waals surface area contributed by atoms with E-state index in [1.165, 1.54) is 24.3 Å². The number of carbonyl (C=O) groups is 2. The standard InChI is InChI=1S/C18H18O5S/c1-3-22-17(19)13-9-11-14(12-10-13)23-18(20)15-7-5-6-8-16(15)24(21)4-2/h5-12H,3-4H2,1-2H3/t24-/m0/s1. The molecule has 0 saturated carbocycles. The number of hydrogen-bond acceptors (Lipinski definition) is 5. The largest absolute Gasteiger partial charge is 0.462 e. The van der Waals surface area contributed by atoms with Crippen molar-refractivity contribution in [3.63, 3.8) is 0 Å². The van der Waals surface area contributed by atoms with Crippen LogP contribution in [-0.2, 0) is 15.5 Å². The lowest BCUT2D eigenvalue weighted by atomic mass is 10.2. The number of rotatable bonds is 6. The minimum Gasteiger partial charge on any atom is -0.462 e. The molecule has 0 aliphatic heterocycles. The molecule has 0 heterocycles. The van der Waals surface area contributed by atoms with E-state index in [2.05, 4.69) is 0 Å². The summed E-state index contributed by atoms with van der Waals surface area (Å²) in [4.78, 5) is 24.4. The average Bonchev–Trinajstić information content (AvgIpc) is 2.61. The molecule has 0 unspecified atom stereocenters. The summed E-state index contributed by atoms with van der Waals surface area (Å²) in [6.07, 6.45) is 0. The third-order valence-electron chi connectivity index (χ3n) is 3.19. The van der Waals surface area contributed by atoms with Gasteiger partial charge in [0.15, 0.2) is 0 Å². The van der Waals surface area contributed by atoms with Crippen LogP contribution in [0.3, 0.4) is 0 Å². The van der Waals surface area contributed by atoms with Crippen molar-refractivity contribution in [1.82, 2.24) is 0 Å². The van der Waals surface area contributed by atoms with Gasteiger partial charge in [0.2, 0.25) is 0 Å². The zero-order chi connectivity index (χ0) is 17.5. The smallest absolute Gasteiger partial charge is 0.344 e. The van der Waals surface area contributed by atoms with Crippen LogP contribution < -0.4 is 4.74 Å². The minimum atomic E-state index is -1.25. The first-order valence-electron chi connectivity index (χ1n) is 7.53. The van der Waals surface area contributed by atoms with Gasteiger partial charge in [-0.25, -0.2) is 9.59 Å². The summed E-state index contributed by atoms with van der Waals surface area (Å²) in [7, 11) is -1.25. The summed E-state index contributed by atoms with van der Waals surface area (Å²) < 4.78 is 22.2. The maximum Gasteiger partial charge on any atom is 0.344 e. The minimum absolute atomic E-state index is 0.271. The summed E-state index contributed by atoms with van der Waals surface area (Å²) in [6, 6.07) is 12.7. The molecule has 5 nitrogen and oxygen atoms in total. The Hall–Kier alpha value is -2.47. The monoisotopic (exact) mass is 346 g/mol. The lowest BCUT2D eigenvalue weighted by Gasteiger charge is -2.09. The highest BCUT2D eigenvalue weighted by molar-refractivity contribution is 7.85. The predicted octanol–water partition coefficient (Wildman–Crippen LogP) is 3.21. The van der Waals surface area contributed by atoms with Crippen LogP contribution in [-0.4, -0.2) is 28.5 Å². The maximum absolute atomic E-state index is 12.3. The van der Waals surface area contributed by atoms with Gasteiger partial charge in [-0.1, -0.05) is 19.1 Å². The van der Waals surface area contributed by atoms with Gasteiger partial charge in [-0.05, 0) is 43.3 Å². The summed E-state index contributed by atoms with van der Waals surface area (Å²) >= 11 is 0. The van der Waals surface area contributed by atoms with E-state index in [0.717, 1.165) is 0 Å². The SMILES string of the molecule is CCOC(=O)c1ccc(OC(=O)c2ccccc2[S@@](=O)CC)cc1. The quantitative estimate of drug-likeness (QED) is 0.593. The Bertz CT molecular complexity index is 752. The fourth-order valence-electron chi connectivity index (χ4n) is 2.02. The van der Waals surface area contributed by atoms with Crippen LogP contribution in [0.25, 0.3) is 0 Å². The van der Waals surface area contributed by atoms with Gasteiger partial charge in [-0.3, -0.25) is 4.21 Å². The van der Waals surface area contributed by atoms with Gasteiger partial charge in [0.1, 0.15) is 5.75 Å². The summed E-state index contributed by atoms with van der Waals surface area (Å²) in [5.74, 6) is -0.307. The second-order valence-electron chi connectivity index (χ2n) is 4.76. The molecule has 0 aliphatic rings. The number of carbonyl (C=O) groups excluding carboxylic acids is 2. The van der Waals surface area contributed by atoms with Crippen LogP contribution in [0, 0.1) is 0 Å². The number of esters is 2. The summed E-state index contributed by atoms with van der Waals surface area (Å²) in [5.41, 5.74) is 0.649. The molecule has 24 heavy (non-hydrogen) atoms. The summed E-state index contributed by atoms with van der Waals surface area (Å²) in [6.45, 7) is 3.80. The predicted molar refractivity (Wildman–Crippen MR) is 90.7 cm³/mol. The van der Waals surface area contributed by atoms with E-state index in [-0.39, 0.29) is 5.56 Å². The van der Waals surface area contributed by atoms with Crippen molar-refractivity contribution in [1.29, 1.82) is 0 Å². The molecule has 0 spiro atoms. The first-order chi connectivity index (χ1) is 11.6. The second-order valence-corrected chi connectivity index (χ2v) is 6.47. The molecule has 0 N–H and O–H groups in total.